The summed E-state index contributed by atoms with van der Waals surface area (Å²) < 4.78 is 0.238. The summed E-state index contributed by atoms with van der Waals surface area (Å²) in [6, 6.07) is 8.93. The van der Waals surface area contributed by atoms with Crippen molar-refractivity contribution >= 4 is 24.2 Å². The highest BCUT2D eigenvalue weighted by Gasteiger charge is 2.25. The maximum absolute atomic E-state index is 6.58. The summed E-state index contributed by atoms with van der Waals surface area (Å²) in [6.45, 7) is 6.79. The molecule has 0 bridgehead atoms. The molecule has 1 aliphatic carbocycles. The van der Waals surface area contributed by atoms with E-state index in [-0.39, 0.29) is 23.2 Å². The Morgan fingerprint density at radius 1 is 1.10 bits per heavy atom. The zero-order valence-electron chi connectivity index (χ0n) is 12.9. The summed E-state index contributed by atoms with van der Waals surface area (Å²) in [4.78, 5) is 1.37. The number of halogens is 1. The molecule has 2 rings (SSSR count). The number of rotatable bonds is 3. The van der Waals surface area contributed by atoms with E-state index in [1.165, 1.54) is 42.6 Å². The van der Waals surface area contributed by atoms with E-state index in [9.17, 15) is 0 Å². The van der Waals surface area contributed by atoms with Crippen LogP contribution in [0.1, 0.15) is 64.5 Å². The molecule has 114 valence electrons. The van der Waals surface area contributed by atoms with Gasteiger partial charge < -0.3 is 5.73 Å². The van der Waals surface area contributed by atoms with Crippen molar-refractivity contribution in [1.82, 2.24) is 0 Å². The lowest BCUT2D eigenvalue weighted by Gasteiger charge is -2.30. The fourth-order valence-corrected chi connectivity index (χ4v) is 4.05. The Morgan fingerprint density at radius 3 is 2.30 bits per heavy atom. The van der Waals surface area contributed by atoms with Crippen LogP contribution in [0.3, 0.4) is 0 Å². The summed E-state index contributed by atoms with van der Waals surface area (Å²) in [5, 5.41) is 0. The molecule has 2 N–H and O–H groups in total. The first-order valence-corrected chi connectivity index (χ1v) is 8.32. The average Bonchev–Trinajstić information content (AvgIpc) is 2.38. The van der Waals surface area contributed by atoms with Gasteiger partial charge in [0.15, 0.2) is 0 Å². The molecule has 0 aliphatic heterocycles. The minimum Gasteiger partial charge on any atom is -0.324 e. The first kappa shape index (κ1) is 17.9. The van der Waals surface area contributed by atoms with Gasteiger partial charge in [-0.15, -0.1) is 24.2 Å². The van der Waals surface area contributed by atoms with Crippen LogP contribution in [0.2, 0.25) is 0 Å². The van der Waals surface area contributed by atoms with Gasteiger partial charge in [0, 0.05) is 15.7 Å². The molecule has 0 saturated heterocycles. The summed E-state index contributed by atoms with van der Waals surface area (Å²) >= 11 is 1.94. The van der Waals surface area contributed by atoms with Crippen LogP contribution in [-0.4, -0.2) is 4.75 Å². The third-order valence-electron chi connectivity index (χ3n) is 3.85. The number of nitrogens with two attached hydrogens (primary N) is 1. The molecule has 1 nitrogen and oxygen atoms in total. The van der Waals surface area contributed by atoms with Crippen molar-refractivity contribution in [3.8, 4) is 0 Å². The fourth-order valence-electron chi connectivity index (χ4n) is 2.93. The van der Waals surface area contributed by atoms with Crippen molar-refractivity contribution in [1.29, 1.82) is 0 Å². The van der Waals surface area contributed by atoms with Gasteiger partial charge in [-0.2, -0.15) is 0 Å². The standard InChI is InChI=1S/C17H27NS.ClH/c1-17(2,3)19-15-12-8-7-11-14(15)16(18)13-9-5-4-6-10-13;/h7-8,11-13,16H,4-6,9-10,18H2,1-3H3;1H/t16-;/m0./s1. The Kier molecular flexibility index (Phi) is 6.90. The van der Waals surface area contributed by atoms with Crippen molar-refractivity contribution in [2.24, 2.45) is 11.7 Å². The second-order valence-corrected chi connectivity index (χ2v) is 8.54. The highest BCUT2D eigenvalue weighted by molar-refractivity contribution is 8.00. The molecular formula is C17H28ClNS. The van der Waals surface area contributed by atoms with Crippen LogP contribution in [0.5, 0.6) is 0 Å². The molecule has 1 saturated carbocycles. The lowest BCUT2D eigenvalue weighted by molar-refractivity contribution is 0.306. The van der Waals surface area contributed by atoms with Crippen LogP contribution in [0.25, 0.3) is 0 Å². The first-order chi connectivity index (χ1) is 8.97. The van der Waals surface area contributed by atoms with E-state index >= 15 is 0 Å². The molecule has 1 aliphatic rings. The normalized spacial score (nSPS) is 18.4. The summed E-state index contributed by atoms with van der Waals surface area (Å²) in [6.07, 6.45) is 6.70. The van der Waals surface area contributed by atoms with Crippen LogP contribution in [0.4, 0.5) is 0 Å². The van der Waals surface area contributed by atoms with E-state index in [0.717, 1.165) is 0 Å². The van der Waals surface area contributed by atoms with Crippen molar-refractivity contribution < 1.29 is 0 Å². The molecule has 0 unspecified atom stereocenters. The second-order valence-electron chi connectivity index (χ2n) is 6.68. The van der Waals surface area contributed by atoms with Gasteiger partial charge in [-0.05, 0) is 30.4 Å². The molecule has 0 radical (unpaired) electrons. The molecular weight excluding hydrogens is 286 g/mol. The van der Waals surface area contributed by atoms with E-state index in [1.807, 2.05) is 11.8 Å². The maximum atomic E-state index is 6.58. The monoisotopic (exact) mass is 313 g/mol. The summed E-state index contributed by atoms with van der Waals surface area (Å²) in [7, 11) is 0. The predicted octanol–water partition coefficient (Wildman–Crippen LogP) is 5.58. The molecule has 1 aromatic carbocycles. The Labute approximate surface area is 134 Å². The molecule has 1 aromatic rings. The zero-order chi connectivity index (χ0) is 13.9. The van der Waals surface area contributed by atoms with Gasteiger partial charge in [0.1, 0.15) is 0 Å². The Hall–Kier alpha value is -0.180. The highest BCUT2D eigenvalue weighted by atomic mass is 35.5. The van der Waals surface area contributed by atoms with Gasteiger partial charge in [0.2, 0.25) is 0 Å². The van der Waals surface area contributed by atoms with Crippen molar-refractivity contribution in [3.05, 3.63) is 29.8 Å². The lowest BCUT2D eigenvalue weighted by Crippen LogP contribution is -2.24. The number of hydrogen-bond acceptors (Lipinski definition) is 2. The number of hydrogen-bond donors (Lipinski definition) is 1. The lowest BCUT2D eigenvalue weighted by atomic mass is 9.81. The van der Waals surface area contributed by atoms with Crippen molar-refractivity contribution in [2.75, 3.05) is 0 Å². The van der Waals surface area contributed by atoms with Crippen LogP contribution in [-0.2, 0) is 0 Å². The van der Waals surface area contributed by atoms with Crippen LogP contribution < -0.4 is 5.73 Å². The molecule has 3 heteroatoms. The summed E-state index contributed by atoms with van der Waals surface area (Å²) in [5.41, 5.74) is 7.93. The van der Waals surface area contributed by atoms with Crippen molar-refractivity contribution in [2.45, 2.75) is 68.6 Å². The van der Waals surface area contributed by atoms with Gasteiger partial charge in [-0.1, -0.05) is 58.2 Å². The van der Waals surface area contributed by atoms with Crippen LogP contribution in [0, 0.1) is 5.92 Å². The molecule has 0 amide bonds. The van der Waals surface area contributed by atoms with Gasteiger partial charge >= 0.3 is 0 Å². The third-order valence-corrected chi connectivity index (χ3v) is 5.06. The summed E-state index contributed by atoms with van der Waals surface area (Å²) in [5.74, 6) is 0.676. The Bertz CT molecular complexity index is 408. The number of benzene rings is 1. The van der Waals surface area contributed by atoms with E-state index in [0.29, 0.717) is 5.92 Å². The first-order valence-electron chi connectivity index (χ1n) is 7.51. The molecule has 0 spiro atoms. The van der Waals surface area contributed by atoms with Crippen LogP contribution in [0.15, 0.2) is 29.2 Å². The van der Waals surface area contributed by atoms with E-state index < -0.39 is 0 Å². The van der Waals surface area contributed by atoms with Gasteiger partial charge in [-0.25, -0.2) is 0 Å². The van der Waals surface area contributed by atoms with Gasteiger partial charge in [-0.3, -0.25) is 0 Å². The smallest absolute Gasteiger partial charge is 0.0334 e. The molecule has 20 heavy (non-hydrogen) atoms. The van der Waals surface area contributed by atoms with Gasteiger partial charge in [0.05, 0.1) is 0 Å². The molecule has 0 aromatic heterocycles. The van der Waals surface area contributed by atoms with E-state index in [1.54, 1.807) is 0 Å². The molecule has 1 atom stereocenters. The quantitative estimate of drug-likeness (QED) is 0.737. The largest absolute Gasteiger partial charge is 0.324 e. The predicted molar refractivity (Wildman–Crippen MR) is 92.8 cm³/mol. The van der Waals surface area contributed by atoms with E-state index in [4.69, 9.17) is 5.73 Å². The van der Waals surface area contributed by atoms with E-state index in [2.05, 4.69) is 45.0 Å². The van der Waals surface area contributed by atoms with Crippen molar-refractivity contribution in [3.63, 3.8) is 0 Å². The second kappa shape index (κ2) is 7.72. The fraction of sp³-hybridized carbons (Fsp3) is 0.647. The average molecular weight is 314 g/mol. The minimum atomic E-state index is 0. The Balaban J connectivity index is 0.00000200. The topological polar surface area (TPSA) is 26.0 Å². The van der Waals surface area contributed by atoms with Crippen LogP contribution >= 0.6 is 24.2 Å². The molecule has 0 heterocycles. The SMILES string of the molecule is CC(C)(C)Sc1ccccc1[C@@H](N)C1CCCCC1.Cl. The highest BCUT2D eigenvalue weighted by Crippen LogP contribution is 2.40. The minimum absolute atomic E-state index is 0. The van der Waals surface area contributed by atoms with Gasteiger partial charge in [0.25, 0.3) is 0 Å². The zero-order valence-corrected chi connectivity index (χ0v) is 14.5. The number of thioether (sulfide) groups is 1. The molecule has 1 fully saturated rings. The third kappa shape index (κ3) is 4.98. The maximum Gasteiger partial charge on any atom is 0.0334 e. The Morgan fingerprint density at radius 2 is 1.70 bits per heavy atom.